The van der Waals surface area contributed by atoms with Gasteiger partial charge in [0.2, 0.25) is 11.6 Å². The fourth-order valence-electron chi connectivity index (χ4n) is 0.333. The molecule has 3 heteroatoms. The second-order valence-corrected chi connectivity index (χ2v) is 1.17. The third kappa shape index (κ3) is 0.855. The van der Waals surface area contributed by atoms with E-state index in [0.29, 0.717) is 0 Å². The number of aromatic nitrogens is 2. The maximum absolute atomic E-state index is 10.2. The van der Waals surface area contributed by atoms with Crippen LogP contribution in [-0.4, -0.2) is 5.10 Å². The van der Waals surface area contributed by atoms with Crippen molar-refractivity contribution in [2.45, 2.75) is 0 Å². The van der Waals surface area contributed by atoms with Gasteiger partial charge in [-0.05, 0) is 0 Å². The van der Waals surface area contributed by atoms with Crippen molar-refractivity contribution in [3.8, 4) is 0 Å². The van der Waals surface area contributed by atoms with Gasteiger partial charge >= 0.3 is 0 Å². The first-order valence-electron chi connectivity index (χ1n) is 1.94. The Morgan fingerprint density at radius 1 is 1.71 bits per heavy atom. The number of nitrogens with one attached hydrogen (secondary N) is 2. The molecule has 0 saturated heterocycles. The van der Waals surface area contributed by atoms with Crippen LogP contribution < -0.4 is 10.5 Å². The Bertz CT molecular complexity index is 175. The minimum Gasteiger partial charge on any atom is -0.283 e. The Morgan fingerprint density at radius 3 is 2.86 bits per heavy atom. The molecule has 0 spiro atoms. The molecule has 0 saturated carbocycles. The van der Waals surface area contributed by atoms with Crippen molar-refractivity contribution in [1.82, 2.24) is 5.10 Å². The Labute approximate surface area is 40.0 Å². The molecule has 0 aliphatic heterocycles. The highest BCUT2D eigenvalue weighted by Gasteiger charge is 1.77. The number of H-pyrrole nitrogens is 2. The molecule has 0 amide bonds. The average molecular weight is 97.1 g/mol. The van der Waals surface area contributed by atoms with E-state index in [9.17, 15) is 4.79 Å². The van der Waals surface area contributed by atoms with Crippen LogP contribution in [0.2, 0.25) is 0 Å². The van der Waals surface area contributed by atoms with Gasteiger partial charge in [0.25, 0.3) is 0 Å². The quantitative estimate of drug-likeness (QED) is 0.452. The Hall–Kier alpha value is -1.12. The van der Waals surface area contributed by atoms with Gasteiger partial charge in [-0.3, -0.25) is 4.79 Å². The second kappa shape index (κ2) is 1.55. The van der Waals surface area contributed by atoms with Crippen LogP contribution in [0.3, 0.4) is 0 Å². The Morgan fingerprint density at radius 2 is 2.57 bits per heavy atom. The van der Waals surface area contributed by atoms with Gasteiger partial charge in [-0.1, -0.05) is 0 Å². The minimum atomic E-state index is -0.0150. The largest absolute Gasteiger partial charge is 0.283 e. The summed E-state index contributed by atoms with van der Waals surface area (Å²) in [7, 11) is 0. The van der Waals surface area contributed by atoms with Gasteiger partial charge in [-0.15, -0.1) is 5.10 Å². The second-order valence-electron chi connectivity index (χ2n) is 1.17. The summed E-state index contributed by atoms with van der Waals surface area (Å²) in [5.41, 5.74) is -0.0150. The summed E-state index contributed by atoms with van der Waals surface area (Å²) < 4.78 is 0. The zero-order chi connectivity index (χ0) is 5.11. The topological polar surface area (TPSA) is 47.0 Å². The lowest BCUT2D eigenvalue weighted by atomic mass is 10.6. The maximum atomic E-state index is 10.2. The molecule has 1 heterocycles. The summed E-state index contributed by atoms with van der Waals surface area (Å²) in [5.74, 6) is 0. The molecule has 0 bridgehead atoms. The number of hydrogen-bond donors (Lipinski definition) is 1. The van der Waals surface area contributed by atoms with Crippen LogP contribution in [0.15, 0.2) is 23.3 Å². The molecule has 36 valence electrons. The average Bonchev–Trinajstić information content (AvgIpc) is 1.69. The van der Waals surface area contributed by atoms with Gasteiger partial charge in [0, 0.05) is 6.07 Å². The molecule has 0 aromatic carbocycles. The molecule has 1 aromatic heterocycles. The van der Waals surface area contributed by atoms with Gasteiger partial charge in [0.1, 0.15) is 0 Å². The zero-order valence-electron chi connectivity index (χ0n) is 3.64. The third-order valence-corrected chi connectivity index (χ3v) is 0.629. The lowest BCUT2D eigenvalue weighted by molar-refractivity contribution is -0.456. The number of hydrogen-bond acceptors (Lipinski definition) is 1. The third-order valence-electron chi connectivity index (χ3n) is 0.629. The van der Waals surface area contributed by atoms with E-state index in [1.807, 2.05) is 0 Å². The van der Waals surface area contributed by atoms with Crippen LogP contribution in [0.1, 0.15) is 0 Å². The van der Waals surface area contributed by atoms with Gasteiger partial charge in [0.05, 0.1) is 6.20 Å². The van der Waals surface area contributed by atoms with E-state index in [0.717, 1.165) is 0 Å². The molecular formula is C4H5N2O+. The lowest BCUT2D eigenvalue weighted by Gasteiger charge is -1.66. The molecule has 7 heavy (non-hydrogen) atoms. The predicted molar refractivity (Wildman–Crippen MR) is 23.6 cm³/mol. The maximum Gasteiger partial charge on any atom is 0.245 e. The van der Waals surface area contributed by atoms with Crippen LogP contribution in [0, 0.1) is 0 Å². The first-order chi connectivity index (χ1) is 3.39. The van der Waals surface area contributed by atoms with Gasteiger partial charge in [-0.25, -0.2) is 0 Å². The monoisotopic (exact) mass is 97.0 g/mol. The Balaban J connectivity index is 3.28. The predicted octanol–water partition coefficient (Wildman–Crippen LogP) is -0.811. The van der Waals surface area contributed by atoms with E-state index in [2.05, 4.69) is 10.2 Å². The van der Waals surface area contributed by atoms with E-state index in [1.54, 1.807) is 6.20 Å². The summed E-state index contributed by atoms with van der Waals surface area (Å²) in [6.07, 6.45) is 2.89. The van der Waals surface area contributed by atoms with E-state index >= 15 is 0 Å². The van der Waals surface area contributed by atoms with Gasteiger partial charge in [-0.2, -0.15) is 5.10 Å². The Kier molecular flexibility index (Phi) is 0.898. The van der Waals surface area contributed by atoms with Gasteiger partial charge < -0.3 is 0 Å². The lowest BCUT2D eigenvalue weighted by Crippen LogP contribution is -2.13. The minimum absolute atomic E-state index is 0.0150. The smallest absolute Gasteiger partial charge is 0.245 e. The summed E-state index contributed by atoms with van der Waals surface area (Å²) in [6.45, 7) is 0. The normalized spacial score (nSPS) is 8.57. The van der Waals surface area contributed by atoms with Crippen molar-refractivity contribution in [2.75, 3.05) is 0 Å². The van der Waals surface area contributed by atoms with E-state index in [1.165, 1.54) is 12.3 Å². The van der Waals surface area contributed by atoms with Crippen LogP contribution >= 0.6 is 0 Å². The van der Waals surface area contributed by atoms with Crippen LogP contribution in [-0.2, 0) is 0 Å². The summed E-state index contributed by atoms with van der Waals surface area (Å²) >= 11 is 0. The van der Waals surface area contributed by atoms with E-state index in [4.69, 9.17) is 0 Å². The molecule has 0 unspecified atom stereocenters. The van der Waals surface area contributed by atoms with Crippen molar-refractivity contribution in [3.05, 3.63) is 28.7 Å². The van der Waals surface area contributed by atoms with Gasteiger partial charge in [0.15, 0.2) is 0 Å². The van der Waals surface area contributed by atoms with Crippen molar-refractivity contribution in [3.63, 3.8) is 0 Å². The highest BCUT2D eigenvalue weighted by molar-refractivity contribution is 4.78. The molecule has 0 aliphatic rings. The van der Waals surface area contributed by atoms with Crippen LogP contribution in [0.4, 0.5) is 0 Å². The SMILES string of the molecule is O=c1cc[nH][nH+]c1. The van der Waals surface area contributed by atoms with Crippen molar-refractivity contribution in [2.24, 2.45) is 0 Å². The van der Waals surface area contributed by atoms with Crippen molar-refractivity contribution >= 4 is 0 Å². The fourth-order valence-corrected chi connectivity index (χ4v) is 0.333. The molecule has 1 rings (SSSR count). The molecule has 0 aliphatic carbocycles. The van der Waals surface area contributed by atoms with E-state index < -0.39 is 0 Å². The standard InChI is InChI=1S/C4H4N2O/c7-4-1-2-5-6-3-4/h1-3H,(H,5,7)/p+1. The molecular weight excluding hydrogens is 92.1 g/mol. The highest BCUT2D eigenvalue weighted by Crippen LogP contribution is 1.51. The zero-order valence-corrected chi connectivity index (χ0v) is 3.64. The fraction of sp³-hybridized carbons (Fsp3) is 0. The first-order valence-corrected chi connectivity index (χ1v) is 1.94. The summed E-state index contributed by atoms with van der Waals surface area (Å²) in [4.78, 5) is 10.2. The summed E-state index contributed by atoms with van der Waals surface area (Å²) in [6, 6.07) is 1.44. The van der Waals surface area contributed by atoms with Crippen LogP contribution in [0.5, 0.6) is 0 Å². The molecule has 0 radical (unpaired) electrons. The molecule has 2 N–H and O–H groups in total. The molecule has 3 nitrogen and oxygen atoms in total. The summed E-state index contributed by atoms with van der Waals surface area (Å²) in [5, 5.41) is 5.13. The highest BCUT2D eigenvalue weighted by atomic mass is 16.1. The molecule has 1 aromatic rings. The first kappa shape index (κ1) is 4.05. The van der Waals surface area contributed by atoms with E-state index in [-0.39, 0.29) is 5.43 Å². The number of aromatic amines is 2. The molecule has 0 fully saturated rings. The van der Waals surface area contributed by atoms with Crippen molar-refractivity contribution < 1.29 is 5.10 Å². The van der Waals surface area contributed by atoms with Crippen molar-refractivity contribution in [1.29, 1.82) is 0 Å². The number of rotatable bonds is 0. The molecule has 0 atom stereocenters. The van der Waals surface area contributed by atoms with Crippen LogP contribution in [0.25, 0.3) is 0 Å².